The Kier molecular flexibility index (Phi) is 8.04. The number of amides is 2. The molecule has 5 atom stereocenters. The molecule has 0 unspecified atom stereocenters. The molecule has 0 radical (unpaired) electrons. The predicted molar refractivity (Wildman–Crippen MR) is 157 cm³/mol. The highest BCUT2D eigenvalue weighted by Gasteiger charge is 2.61. The van der Waals surface area contributed by atoms with Crippen LogP contribution in [0.1, 0.15) is 44.9 Å². The Hall–Kier alpha value is -4.06. The summed E-state index contributed by atoms with van der Waals surface area (Å²) in [6.07, 6.45) is 7.13. The van der Waals surface area contributed by atoms with E-state index in [-0.39, 0.29) is 31.0 Å². The number of nitrogens with one attached hydrogen (secondary N) is 2. The lowest BCUT2D eigenvalue weighted by Gasteiger charge is -2.30. The van der Waals surface area contributed by atoms with Crippen molar-refractivity contribution in [2.45, 2.75) is 68.7 Å². The van der Waals surface area contributed by atoms with Gasteiger partial charge in [-0.2, -0.15) is 0 Å². The van der Waals surface area contributed by atoms with E-state index < -0.39 is 53.1 Å². The van der Waals surface area contributed by atoms with Gasteiger partial charge in [-0.05, 0) is 49.9 Å². The molecule has 2 amide bonds. The topological polar surface area (TPSA) is 121 Å². The maximum atomic E-state index is 14.1. The van der Waals surface area contributed by atoms with Gasteiger partial charge in [0.2, 0.25) is 11.8 Å². The highest BCUT2D eigenvalue weighted by molar-refractivity contribution is 7.20. The van der Waals surface area contributed by atoms with Gasteiger partial charge in [-0.3, -0.25) is 9.59 Å². The third-order valence-corrected chi connectivity index (χ3v) is 9.35. The number of aromatic nitrogens is 1. The number of aliphatic carboxylic acids is 1. The molecule has 43 heavy (non-hydrogen) atoms. The Labute approximate surface area is 250 Å². The van der Waals surface area contributed by atoms with Crippen LogP contribution in [0.3, 0.4) is 0 Å². The van der Waals surface area contributed by atoms with Crippen molar-refractivity contribution in [3.8, 4) is 5.19 Å². The van der Waals surface area contributed by atoms with Gasteiger partial charge in [-0.15, -0.1) is 0 Å². The Morgan fingerprint density at radius 2 is 1.98 bits per heavy atom. The first kappa shape index (κ1) is 29.0. The monoisotopic (exact) mass is 610 g/mol. The van der Waals surface area contributed by atoms with Crippen LogP contribution in [0.5, 0.6) is 5.19 Å². The van der Waals surface area contributed by atoms with Crippen LogP contribution in [-0.2, 0) is 14.4 Å². The smallest absolute Gasteiger partial charge is 0.330 e. The number of ether oxygens (including phenoxy) is 1. The molecule has 2 aromatic carbocycles. The number of carboxylic acid groups (broad SMARTS) is 1. The first-order valence-corrected chi connectivity index (χ1v) is 15.3. The third kappa shape index (κ3) is 6.06. The number of hydrogen-bond donors (Lipinski definition) is 3. The average Bonchev–Trinajstić information content (AvgIpc) is 3.30. The molecule has 3 heterocycles. The van der Waals surface area contributed by atoms with E-state index in [1.807, 2.05) is 36.4 Å². The summed E-state index contributed by atoms with van der Waals surface area (Å²) in [5, 5.41) is 16.2. The minimum atomic E-state index is -1.42. The molecule has 226 valence electrons. The number of carboxylic acids is 1. The van der Waals surface area contributed by atoms with Gasteiger partial charge in [0.05, 0.1) is 16.8 Å². The molecule has 3 aliphatic rings. The number of allylic oxidation sites excluding steroid dienone is 1. The number of fused-ring (bicyclic) bond motifs is 3. The van der Waals surface area contributed by atoms with E-state index in [4.69, 9.17) is 4.74 Å². The second-order valence-corrected chi connectivity index (χ2v) is 12.4. The molecule has 1 saturated carbocycles. The molecule has 0 bridgehead atoms. The average molecular weight is 611 g/mol. The number of anilines is 1. The lowest BCUT2D eigenvalue weighted by atomic mass is 10.0. The van der Waals surface area contributed by atoms with Crippen LogP contribution in [0.25, 0.3) is 10.2 Å². The molecule has 1 saturated heterocycles. The molecule has 2 fully saturated rings. The van der Waals surface area contributed by atoms with Gasteiger partial charge in [0, 0.05) is 24.1 Å². The van der Waals surface area contributed by atoms with Gasteiger partial charge in [0.1, 0.15) is 23.7 Å². The van der Waals surface area contributed by atoms with Crippen molar-refractivity contribution in [3.05, 3.63) is 66.3 Å². The molecule has 3 N–H and O–H groups in total. The van der Waals surface area contributed by atoms with Crippen molar-refractivity contribution in [1.29, 1.82) is 0 Å². The van der Waals surface area contributed by atoms with Crippen LogP contribution in [0, 0.1) is 17.6 Å². The second kappa shape index (κ2) is 11.9. The number of rotatable bonds is 5. The van der Waals surface area contributed by atoms with E-state index in [1.165, 1.54) is 22.3 Å². The fraction of sp³-hybridized carbons (Fsp3) is 0.419. The maximum absolute atomic E-state index is 14.1. The third-order valence-electron chi connectivity index (χ3n) is 8.42. The summed E-state index contributed by atoms with van der Waals surface area (Å²) in [4.78, 5) is 46.1. The standard InChI is InChI=1S/C31H32F2N4O5S/c32-21-13-12-19(14-22(21)33)34-24-10-5-3-1-2-4-8-18-16-31(18,29(40)41)36-27(38)25-15-20(17-37(25)28(24)39)42-30-35-23-9-6-7-11-26(23)43-30/h4,6-9,11-14,18,20,24-25,34H,1-3,5,10,15-17H2,(H,36,38)(H,40,41)/t18-,20-,24+,25+,31-/m1/s1. The minimum absolute atomic E-state index is 0.0756. The van der Waals surface area contributed by atoms with Crippen molar-refractivity contribution in [1.82, 2.24) is 15.2 Å². The SMILES string of the molecule is O=C1N[C@]2(C(=O)O)C[C@H]2C=CCCCCC[C@H](Nc2ccc(F)c(F)c2)C(=O)N2C[C@H](Oc3nc4ccccc4s3)C[C@@H]12. The number of nitrogens with zero attached hydrogens (tertiary/aromatic N) is 2. The highest BCUT2D eigenvalue weighted by atomic mass is 32.1. The second-order valence-electron chi connectivity index (χ2n) is 11.4. The quantitative estimate of drug-likeness (QED) is 0.352. The molecule has 9 nitrogen and oxygen atoms in total. The van der Waals surface area contributed by atoms with Gasteiger partial charge in [-0.1, -0.05) is 48.5 Å². The largest absolute Gasteiger partial charge is 0.479 e. The van der Waals surface area contributed by atoms with Crippen molar-refractivity contribution >= 4 is 45.0 Å². The minimum Gasteiger partial charge on any atom is -0.479 e. The number of carbonyl (C=O) groups excluding carboxylic acids is 2. The van der Waals surface area contributed by atoms with Gasteiger partial charge in [-0.25, -0.2) is 18.6 Å². The Morgan fingerprint density at radius 3 is 2.77 bits per heavy atom. The van der Waals surface area contributed by atoms with Gasteiger partial charge in [0.25, 0.3) is 5.19 Å². The zero-order valence-electron chi connectivity index (χ0n) is 23.3. The number of halogens is 2. The Balaban J connectivity index is 1.29. The number of benzene rings is 2. The van der Waals surface area contributed by atoms with E-state index >= 15 is 0 Å². The summed E-state index contributed by atoms with van der Waals surface area (Å²) in [5.74, 6) is -4.45. The molecule has 1 aliphatic carbocycles. The molecule has 3 aromatic rings. The zero-order valence-corrected chi connectivity index (χ0v) is 24.1. The molecule has 6 rings (SSSR count). The Bertz CT molecular complexity index is 1550. The summed E-state index contributed by atoms with van der Waals surface area (Å²) in [6.45, 7) is 0.0756. The predicted octanol–water partition coefficient (Wildman–Crippen LogP) is 4.88. The van der Waals surface area contributed by atoms with Gasteiger partial charge >= 0.3 is 5.97 Å². The zero-order chi connectivity index (χ0) is 30.1. The van der Waals surface area contributed by atoms with E-state index in [0.29, 0.717) is 18.0 Å². The molecular weight excluding hydrogens is 578 g/mol. The fourth-order valence-corrected chi connectivity index (χ4v) is 6.86. The van der Waals surface area contributed by atoms with Gasteiger partial charge < -0.3 is 25.4 Å². The lowest BCUT2D eigenvalue weighted by Crippen LogP contribution is -2.55. The van der Waals surface area contributed by atoms with Gasteiger partial charge in [0.15, 0.2) is 11.6 Å². The van der Waals surface area contributed by atoms with E-state index in [0.717, 1.165) is 41.6 Å². The summed E-state index contributed by atoms with van der Waals surface area (Å²) >= 11 is 1.36. The van der Waals surface area contributed by atoms with Crippen molar-refractivity contribution in [3.63, 3.8) is 0 Å². The van der Waals surface area contributed by atoms with Crippen molar-refractivity contribution < 1.29 is 33.0 Å². The maximum Gasteiger partial charge on any atom is 0.330 e. The van der Waals surface area contributed by atoms with Crippen LogP contribution in [0.15, 0.2) is 54.6 Å². The molecule has 1 aromatic heterocycles. The molecule has 0 spiro atoms. The lowest BCUT2D eigenvalue weighted by molar-refractivity contribution is -0.145. The van der Waals surface area contributed by atoms with Crippen LogP contribution in [0.4, 0.5) is 14.5 Å². The van der Waals surface area contributed by atoms with E-state index in [9.17, 15) is 28.3 Å². The number of para-hydroxylation sites is 1. The first-order chi connectivity index (χ1) is 20.7. The van der Waals surface area contributed by atoms with E-state index in [1.54, 1.807) is 0 Å². The highest BCUT2D eigenvalue weighted by Crippen LogP contribution is 2.45. The van der Waals surface area contributed by atoms with Crippen molar-refractivity contribution in [2.24, 2.45) is 5.92 Å². The fourth-order valence-electron chi connectivity index (χ4n) is 5.98. The normalized spacial score (nSPS) is 27.9. The summed E-state index contributed by atoms with van der Waals surface area (Å²) < 4.78 is 34.7. The molecular formula is C31H32F2N4O5S. The number of carbonyl (C=O) groups is 3. The first-order valence-electron chi connectivity index (χ1n) is 14.5. The molecule has 2 aliphatic heterocycles. The Morgan fingerprint density at radius 1 is 1.14 bits per heavy atom. The van der Waals surface area contributed by atoms with Crippen LogP contribution < -0.4 is 15.4 Å². The van der Waals surface area contributed by atoms with Crippen LogP contribution in [-0.4, -0.2) is 63.0 Å². The summed E-state index contributed by atoms with van der Waals surface area (Å²) in [6, 6.07) is 9.11. The van der Waals surface area contributed by atoms with Crippen LogP contribution >= 0.6 is 11.3 Å². The summed E-state index contributed by atoms with van der Waals surface area (Å²) in [5.41, 5.74) is -0.403. The van der Waals surface area contributed by atoms with Crippen molar-refractivity contribution in [2.75, 3.05) is 11.9 Å². The molecule has 12 heteroatoms. The summed E-state index contributed by atoms with van der Waals surface area (Å²) in [7, 11) is 0. The number of hydrogen-bond acceptors (Lipinski definition) is 7. The van der Waals surface area contributed by atoms with E-state index in [2.05, 4.69) is 15.6 Å². The van der Waals surface area contributed by atoms with Crippen LogP contribution in [0.2, 0.25) is 0 Å². The number of thiazole rings is 1.